The Kier molecular flexibility index (Phi) is 6.47. The summed E-state index contributed by atoms with van der Waals surface area (Å²) in [5.41, 5.74) is 1.95. The van der Waals surface area contributed by atoms with Crippen LogP contribution in [0.25, 0.3) is 0 Å². The van der Waals surface area contributed by atoms with Gasteiger partial charge in [0.05, 0.1) is 18.1 Å². The smallest absolute Gasteiger partial charge is 0.294 e. The van der Waals surface area contributed by atoms with E-state index in [1.807, 2.05) is 37.3 Å². The first kappa shape index (κ1) is 18.6. The maximum Gasteiger partial charge on any atom is 0.294 e. The summed E-state index contributed by atoms with van der Waals surface area (Å²) >= 11 is 0. The molecule has 0 bridgehead atoms. The molecule has 0 saturated carbocycles. The van der Waals surface area contributed by atoms with Crippen LogP contribution in [0.2, 0.25) is 0 Å². The van der Waals surface area contributed by atoms with Crippen LogP contribution >= 0.6 is 0 Å². The highest BCUT2D eigenvalue weighted by molar-refractivity contribution is 7.85. The van der Waals surface area contributed by atoms with Crippen LogP contribution in [-0.4, -0.2) is 37.4 Å². The fourth-order valence-corrected chi connectivity index (χ4v) is 2.49. The van der Waals surface area contributed by atoms with Gasteiger partial charge in [-0.05, 0) is 19.1 Å². The molecule has 1 saturated heterocycles. The molecule has 2 aromatic rings. The molecule has 1 aliphatic rings. The van der Waals surface area contributed by atoms with E-state index in [1.165, 1.54) is 12.1 Å². The fourth-order valence-electron chi connectivity index (χ4n) is 2.01. The van der Waals surface area contributed by atoms with Crippen LogP contribution in [0.4, 0.5) is 0 Å². The average molecular weight is 352 g/mol. The van der Waals surface area contributed by atoms with E-state index < -0.39 is 16.2 Å². The summed E-state index contributed by atoms with van der Waals surface area (Å²) in [6, 6.07) is 15.7. The van der Waals surface area contributed by atoms with Gasteiger partial charge in [-0.2, -0.15) is 8.42 Å². The van der Waals surface area contributed by atoms with E-state index in [2.05, 4.69) is 0 Å². The highest BCUT2D eigenvalue weighted by Gasteiger charge is 2.21. The third-order valence-electron chi connectivity index (χ3n) is 3.27. The van der Waals surface area contributed by atoms with Crippen LogP contribution in [0.15, 0.2) is 59.5 Å². The van der Waals surface area contributed by atoms with Crippen LogP contribution in [0.3, 0.4) is 0 Å². The fraction of sp³-hybridized carbons (Fsp3) is 0.294. The van der Waals surface area contributed by atoms with E-state index in [0.717, 1.165) is 11.1 Å². The first-order chi connectivity index (χ1) is 11.4. The number of hydrogen-bond acceptors (Lipinski definition) is 5. The number of benzene rings is 2. The zero-order valence-electron chi connectivity index (χ0n) is 13.2. The first-order valence-electron chi connectivity index (χ1n) is 7.36. The lowest BCUT2D eigenvalue weighted by Crippen LogP contribution is -2.30. The van der Waals surface area contributed by atoms with Crippen molar-refractivity contribution in [1.29, 1.82) is 0 Å². The number of aliphatic hydroxyl groups is 1. The summed E-state index contributed by atoms with van der Waals surface area (Å²) in [5.74, 6) is 0. The van der Waals surface area contributed by atoms with Crippen LogP contribution < -0.4 is 0 Å². The topological polar surface area (TPSA) is 93.1 Å². The lowest BCUT2D eigenvalue weighted by molar-refractivity contribution is -0.220. The highest BCUT2D eigenvalue weighted by atomic mass is 32.2. The van der Waals surface area contributed by atoms with Crippen molar-refractivity contribution in [2.24, 2.45) is 0 Å². The van der Waals surface area contributed by atoms with Crippen molar-refractivity contribution in [3.63, 3.8) is 0 Å². The molecule has 3 rings (SSSR count). The molecule has 1 fully saturated rings. The Hall–Kier alpha value is -1.77. The molecule has 130 valence electrons. The van der Waals surface area contributed by atoms with E-state index >= 15 is 0 Å². The molecule has 1 aliphatic heterocycles. The molecule has 0 aliphatic carbocycles. The summed E-state index contributed by atoms with van der Waals surface area (Å²) in [4.78, 5) is -0.0666. The molecule has 7 heteroatoms. The molecule has 2 aromatic carbocycles. The Labute approximate surface area is 141 Å². The molecule has 0 unspecified atom stereocenters. The summed E-state index contributed by atoms with van der Waals surface area (Å²) in [6.45, 7) is 2.53. The van der Waals surface area contributed by atoms with E-state index in [-0.39, 0.29) is 11.2 Å². The van der Waals surface area contributed by atoms with Crippen LogP contribution in [0.5, 0.6) is 0 Å². The summed E-state index contributed by atoms with van der Waals surface area (Å²) in [5, 5.41) is 9.12. The van der Waals surface area contributed by atoms with Crippen molar-refractivity contribution < 1.29 is 27.6 Å². The molecule has 6 nitrogen and oxygen atoms in total. The second-order valence-electron chi connectivity index (χ2n) is 5.35. The lowest BCUT2D eigenvalue weighted by Gasteiger charge is -2.26. The van der Waals surface area contributed by atoms with Gasteiger partial charge in [0.15, 0.2) is 6.29 Å². The number of hydrogen-bond donors (Lipinski definition) is 2. The monoisotopic (exact) mass is 352 g/mol. The molecule has 0 radical (unpaired) electrons. The normalized spacial score (nSPS) is 20.8. The molecular weight excluding hydrogens is 332 g/mol. The number of aliphatic hydroxyl groups excluding tert-OH is 1. The predicted molar refractivity (Wildman–Crippen MR) is 88.1 cm³/mol. The molecule has 0 atom stereocenters. The van der Waals surface area contributed by atoms with Gasteiger partial charge in [0, 0.05) is 5.56 Å². The van der Waals surface area contributed by atoms with Gasteiger partial charge >= 0.3 is 0 Å². The van der Waals surface area contributed by atoms with Crippen molar-refractivity contribution in [1.82, 2.24) is 0 Å². The standard InChI is InChI=1S/C10H12O3.C7H8O3S/c11-9-6-12-10(13-7-9)8-4-2-1-3-5-8;1-6-2-4-7(5-3-6)11(8,9)10/h1-5,9-11H,6-7H2;2-5H,1H3,(H,8,9,10). The molecule has 0 spiro atoms. The quantitative estimate of drug-likeness (QED) is 0.806. The van der Waals surface area contributed by atoms with Gasteiger partial charge in [-0.15, -0.1) is 0 Å². The Bertz CT molecular complexity index is 719. The van der Waals surface area contributed by atoms with Gasteiger partial charge in [-0.25, -0.2) is 0 Å². The van der Waals surface area contributed by atoms with Gasteiger partial charge in [0.25, 0.3) is 10.1 Å². The number of rotatable bonds is 2. The SMILES string of the molecule is Cc1ccc(S(=O)(=O)O)cc1.OC1COC(c2ccccc2)OC1. The van der Waals surface area contributed by atoms with Gasteiger partial charge in [0.1, 0.15) is 6.10 Å². The van der Waals surface area contributed by atoms with Crippen molar-refractivity contribution in [3.8, 4) is 0 Å². The minimum absolute atomic E-state index is 0.0666. The number of aryl methyl sites for hydroxylation is 1. The zero-order valence-corrected chi connectivity index (χ0v) is 14.0. The first-order valence-corrected chi connectivity index (χ1v) is 8.80. The second-order valence-corrected chi connectivity index (χ2v) is 6.77. The van der Waals surface area contributed by atoms with Crippen molar-refractivity contribution in [2.75, 3.05) is 13.2 Å². The van der Waals surface area contributed by atoms with Crippen LogP contribution in [0, 0.1) is 6.92 Å². The van der Waals surface area contributed by atoms with E-state index in [4.69, 9.17) is 19.1 Å². The molecule has 0 amide bonds. The van der Waals surface area contributed by atoms with Gasteiger partial charge in [-0.1, -0.05) is 48.0 Å². The second kappa shape index (κ2) is 8.36. The molecule has 2 N–H and O–H groups in total. The minimum atomic E-state index is -4.02. The van der Waals surface area contributed by atoms with E-state index in [0.29, 0.717) is 13.2 Å². The van der Waals surface area contributed by atoms with Crippen LogP contribution in [-0.2, 0) is 19.6 Å². The van der Waals surface area contributed by atoms with Crippen LogP contribution in [0.1, 0.15) is 17.4 Å². The highest BCUT2D eigenvalue weighted by Crippen LogP contribution is 2.22. The largest absolute Gasteiger partial charge is 0.388 e. The third-order valence-corrected chi connectivity index (χ3v) is 4.14. The van der Waals surface area contributed by atoms with E-state index in [1.54, 1.807) is 12.1 Å². The molecular formula is C17H20O6S. The average Bonchev–Trinajstić information content (AvgIpc) is 2.56. The van der Waals surface area contributed by atoms with Gasteiger partial charge in [-0.3, -0.25) is 4.55 Å². The molecule has 1 heterocycles. The third kappa shape index (κ3) is 5.70. The summed E-state index contributed by atoms with van der Waals surface area (Å²) in [7, 11) is -4.02. The van der Waals surface area contributed by atoms with E-state index in [9.17, 15) is 8.42 Å². The predicted octanol–water partition coefficient (Wildman–Crippen LogP) is 2.33. The summed E-state index contributed by atoms with van der Waals surface area (Å²) < 4.78 is 40.2. The van der Waals surface area contributed by atoms with Crippen molar-refractivity contribution >= 4 is 10.1 Å². The van der Waals surface area contributed by atoms with Gasteiger partial charge < -0.3 is 14.6 Å². The zero-order chi connectivity index (χ0) is 17.6. The van der Waals surface area contributed by atoms with Crippen molar-refractivity contribution in [3.05, 3.63) is 65.7 Å². The Morgan fingerprint density at radius 2 is 1.50 bits per heavy atom. The number of ether oxygens (including phenoxy) is 2. The van der Waals surface area contributed by atoms with Crippen molar-refractivity contribution in [2.45, 2.75) is 24.2 Å². The van der Waals surface area contributed by atoms with Gasteiger partial charge in [0.2, 0.25) is 0 Å². The molecule has 24 heavy (non-hydrogen) atoms. The maximum absolute atomic E-state index is 10.5. The maximum atomic E-state index is 10.5. The Balaban J connectivity index is 0.000000177. The Morgan fingerprint density at radius 1 is 0.958 bits per heavy atom. The lowest BCUT2D eigenvalue weighted by atomic mass is 10.2. The minimum Gasteiger partial charge on any atom is -0.388 e. The summed E-state index contributed by atoms with van der Waals surface area (Å²) in [6.07, 6.45) is -0.801. The Morgan fingerprint density at radius 3 is 2.00 bits per heavy atom. The molecule has 0 aromatic heterocycles.